The molecule has 2 aliphatic rings. The van der Waals surface area contributed by atoms with Crippen LogP contribution in [0.5, 0.6) is 0 Å². The van der Waals surface area contributed by atoms with Crippen LogP contribution in [0.4, 0.5) is 0 Å². The van der Waals surface area contributed by atoms with E-state index in [2.05, 4.69) is 94.2 Å². The van der Waals surface area contributed by atoms with Crippen LogP contribution in [0.25, 0.3) is 0 Å². The maximum atomic E-state index is 6.51. The average molecular weight is 703 g/mol. The zero-order chi connectivity index (χ0) is 27.6. The smallest absolute Gasteiger partial charge is 0.373 e. The molecular formula is C29H42Br2O6Si2. The molecule has 6 nitrogen and oxygen atoms in total. The van der Waals surface area contributed by atoms with E-state index in [9.17, 15) is 0 Å². The zero-order valence-corrected chi connectivity index (χ0v) is 28.3. The van der Waals surface area contributed by atoms with Gasteiger partial charge in [-0.3, -0.25) is 0 Å². The second kappa shape index (κ2) is 15.7. The molecule has 0 spiro atoms. The molecule has 2 heterocycles. The molecular weight excluding hydrogens is 660 g/mol. The fourth-order valence-corrected chi connectivity index (χ4v) is 10.9. The highest BCUT2D eigenvalue weighted by Crippen LogP contribution is 2.27. The van der Waals surface area contributed by atoms with Gasteiger partial charge in [0.05, 0.1) is 0 Å². The Morgan fingerprint density at radius 2 is 1.13 bits per heavy atom. The summed E-state index contributed by atoms with van der Waals surface area (Å²) in [6.45, 7) is 8.14. The third kappa shape index (κ3) is 9.83. The minimum atomic E-state index is -2.77. The maximum absolute atomic E-state index is 6.51. The average Bonchev–Trinajstić information content (AvgIpc) is 2.99. The summed E-state index contributed by atoms with van der Waals surface area (Å²) >= 11 is 7.04. The minimum absolute atomic E-state index is 0.163. The Hall–Kier alpha value is -0.406. The molecule has 39 heavy (non-hydrogen) atoms. The number of halogens is 2. The van der Waals surface area contributed by atoms with Gasteiger partial charge in [0, 0.05) is 74.2 Å². The number of hydrogen-bond acceptors (Lipinski definition) is 6. The van der Waals surface area contributed by atoms with Gasteiger partial charge in [0.25, 0.3) is 0 Å². The first kappa shape index (κ1) is 31.5. The molecule has 1 atom stereocenters. The molecule has 0 aromatic heterocycles. The van der Waals surface area contributed by atoms with Crippen LogP contribution in [-0.2, 0) is 50.1 Å². The third-order valence-electron chi connectivity index (χ3n) is 7.08. The number of benzene rings is 2. The normalized spacial score (nSPS) is 23.9. The van der Waals surface area contributed by atoms with E-state index in [0.717, 1.165) is 42.0 Å². The summed E-state index contributed by atoms with van der Waals surface area (Å²) in [6, 6.07) is 18.9. The van der Waals surface area contributed by atoms with Crippen LogP contribution in [-0.4, -0.2) is 57.3 Å². The molecule has 2 fully saturated rings. The van der Waals surface area contributed by atoms with Gasteiger partial charge in [-0.2, -0.15) is 0 Å². The summed E-state index contributed by atoms with van der Waals surface area (Å²) in [5.41, 5.74) is 5.10. The molecule has 0 saturated carbocycles. The first-order valence-corrected chi connectivity index (χ1v) is 20.1. The van der Waals surface area contributed by atoms with Crippen molar-refractivity contribution in [3.8, 4) is 0 Å². The molecule has 0 N–H and O–H groups in total. The Kier molecular flexibility index (Phi) is 12.7. The molecule has 10 heteroatoms. The molecule has 1 unspecified atom stereocenters. The van der Waals surface area contributed by atoms with Crippen LogP contribution in [0.1, 0.15) is 42.5 Å². The molecule has 2 saturated heterocycles. The van der Waals surface area contributed by atoms with Crippen molar-refractivity contribution in [2.24, 2.45) is 11.8 Å². The van der Waals surface area contributed by atoms with E-state index in [1.54, 1.807) is 0 Å². The van der Waals surface area contributed by atoms with Crippen molar-refractivity contribution in [3.05, 3.63) is 70.8 Å². The second-order valence-electron chi connectivity index (χ2n) is 10.8. The van der Waals surface area contributed by atoms with Gasteiger partial charge in [-0.05, 0) is 41.5 Å². The lowest BCUT2D eigenvalue weighted by molar-refractivity contribution is -0.0196. The van der Waals surface area contributed by atoms with Crippen molar-refractivity contribution in [1.82, 2.24) is 0 Å². The zero-order valence-electron chi connectivity index (χ0n) is 23.2. The quantitative estimate of drug-likeness (QED) is 0.157. The SMILES string of the molecule is CC(CO[Si]1(CCc2ccc(CBr)cc2)OCCCO1)CO[Si]1(CCc2ccc(CBr)cc2)OCC(C)CO1. The van der Waals surface area contributed by atoms with Gasteiger partial charge in [0.15, 0.2) is 0 Å². The molecule has 0 radical (unpaired) electrons. The highest BCUT2D eigenvalue weighted by Gasteiger charge is 2.46. The predicted molar refractivity (Wildman–Crippen MR) is 165 cm³/mol. The van der Waals surface area contributed by atoms with Crippen molar-refractivity contribution in [1.29, 1.82) is 0 Å². The van der Waals surface area contributed by atoms with Gasteiger partial charge >= 0.3 is 17.6 Å². The van der Waals surface area contributed by atoms with Crippen LogP contribution >= 0.6 is 31.9 Å². The highest BCUT2D eigenvalue weighted by molar-refractivity contribution is 9.08. The van der Waals surface area contributed by atoms with Crippen molar-refractivity contribution >= 4 is 49.5 Å². The summed E-state index contributed by atoms with van der Waals surface area (Å²) in [7, 11) is -5.50. The van der Waals surface area contributed by atoms with Crippen molar-refractivity contribution in [3.63, 3.8) is 0 Å². The van der Waals surface area contributed by atoms with Crippen molar-refractivity contribution < 1.29 is 26.6 Å². The lowest BCUT2D eigenvalue weighted by atomic mass is 10.1. The van der Waals surface area contributed by atoms with Crippen molar-refractivity contribution in [2.45, 2.75) is 55.9 Å². The second-order valence-corrected chi connectivity index (χ2v) is 17.4. The van der Waals surface area contributed by atoms with Crippen LogP contribution in [0.15, 0.2) is 48.5 Å². The number of alkyl halides is 2. The number of rotatable bonds is 14. The van der Waals surface area contributed by atoms with Gasteiger partial charge in [-0.1, -0.05) is 94.2 Å². The van der Waals surface area contributed by atoms with Gasteiger partial charge < -0.3 is 26.6 Å². The summed E-state index contributed by atoms with van der Waals surface area (Å²) in [4.78, 5) is 0. The maximum Gasteiger partial charge on any atom is 0.501 e. The van der Waals surface area contributed by atoms with Gasteiger partial charge in [0.2, 0.25) is 0 Å². The van der Waals surface area contributed by atoms with Gasteiger partial charge in [0.1, 0.15) is 0 Å². The summed E-state index contributed by atoms with van der Waals surface area (Å²) in [5.74, 6) is 0.547. The molecule has 0 bridgehead atoms. The van der Waals surface area contributed by atoms with Gasteiger partial charge in [-0.25, -0.2) is 0 Å². The predicted octanol–water partition coefficient (Wildman–Crippen LogP) is 6.93. The Balaban J connectivity index is 1.30. The topological polar surface area (TPSA) is 55.4 Å². The van der Waals surface area contributed by atoms with E-state index in [1.807, 2.05) is 0 Å². The largest absolute Gasteiger partial charge is 0.501 e. The standard InChI is InChI=1S/C29H42Br2O6Si2/c1-24(20-34-38(32-14-3-15-33-38)16-12-26-4-8-28(18-30)9-5-26)21-35-39(36-22-25(2)23-37-39)17-13-27-6-10-29(19-31)11-7-27/h4-11,24-25H,3,12-23H2,1-2H3. The van der Waals surface area contributed by atoms with E-state index in [1.165, 1.54) is 22.3 Å². The van der Waals surface area contributed by atoms with E-state index < -0.39 is 17.6 Å². The van der Waals surface area contributed by atoms with E-state index >= 15 is 0 Å². The van der Waals surface area contributed by atoms with Crippen LogP contribution < -0.4 is 0 Å². The number of aryl methyl sites for hydroxylation is 2. The molecule has 0 amide bonds. The van der Waals surface area contributed by atoms with E-state index in [4.69, 9.17) is 26.6 Å². The van der Waals surface area contributed by atoms with Crippen LogP contribution in [0, 0.1) is 11.8 Å². The van der Waals surface area contributed by atoms with Crippen LogP contribution in [0.2, 0.25) is 12.1 Å². The summed E-state index contributed by atoms with van der Waals surface area (Å²) in [5, 5.41) is 1.73. The molecule has 4 rings (SSSR count). The summed E-state index contributed by atoms with van der Waals surface area (Å²) in [6.07, 6.45) is 2.67. The Morgan fingerprint density at radius 3 is 1.56 bits per heavy atom. The highest BCUT2D eigenvalue weighted by atomic mass is 79.9. The molecule has 2 aromatic rings. The number of hydrogen-bond donors (Lipinski definition) is 0. The third-order valence-corrected chi connectivity index (χ3v) is 13.8. The molecule has 2 aromatic carbocycles. The lowest BCUT2D eigenvalue weighted by Crippen LogP contribution is -2.53. The van der Waals surface area contributed by atoms with Gasteiger partial charge in [-0.15, -0.1) is 0 Å². The van der Waals surface area contributed by atoms with E-state index in [-0.39, 0.29) is 5.92 Å². The molecule has 2 aliphatic heterocycles. The Labute approximate surface area is 253 Å². The first-order chi connectivity index (χ1) is 18.9. The van der Waals surface area contributed by atoms with Crippen LogP contribution in [0.3, 0.4) is 0 Å². The Bertz CT molecular complexity index is 980. The fraction of sp³-hybridized carbons (Fsp3) is 0.586. The van der Waals surface area contributed by atoms with Crippen molar-refractivity contribution in [2.75, 3.05) is 39.6 Å². The molecule has 216 valence electrons. The fourth-order valence-electron chi connectivity index (χ4n) is 4.56. The molecule has 0 aliphatic carbocycles. The summed E-state index contributed by atoms with van der Waals surface area (Å²) < 4.78 is 38.0. The Morgan fingerprint density at radius 1 is 0.718 bits per heavy atom. The first-order valence-electron chi connectivity index (χ1n) is 14.0. The lowest BCUT2D eigenvalue weighted by Gasteiger charge is -2.37. The monoisotopic (exact) mass is 700 g/mol. The van der Waals surface area contributed by atoms with E-state index in [0.29, 0.717) is 45.6 Å². The minimum Gasteiger partial charge on any atom is -0.373 e.